The minimum atomic E-state index is -0.390. The van der Waals surface area contributed by atoms with Crippen molar-refractivity contribution in [2.75, 3.05) is 0 Å². The highest BCUT2D eigenvalue weighted by Gasteiger charge is 2.50. The Balaban J connectivity index is 1.58. The van der Waals surface area contributed by atoms with E-state index in [0.29, 0.717) is 11.8 Å². The maximum atomic E-state index is 12.4. The summed E-state index contributed by atoms with van der Waals surface area (Å²) in [4.78, 5) is 13.4. The molecule has 144 valence electrons. The predicted molar refractivity (Wildman–Crippen MR) is 106 cm³/mol. The van der Waals surface area contributed by atoms with Gasteiger partial charge in [-0.15, -0.1) is 12.6 Å². The lowest BCUT2D eigenvalue weighted by molar-refractivity contribution is -0.166. The molecule has 4 heteroatoms. The molecule has 2 fully saturated rings. The van der Waals surface area contributed by atoms with Gasteiger partial charge < -0.3 is 9.47 Å². The minimum absolute atomic E-state index is 0.0535. The lowest BCUT2D eigenvalue weighted by atomic mass is 9.89. The highest BCUT2D eigenvalue weighted by Crippen LogP contribution is 2.49. The molecule has 0 amide bonds. The van der Waals surface area contributed by atoms with Gasteiger partial charge in [-0.3, -0.25) is 4.79 Å². The monoisotopic (exact) mass is 376 g/mol. The zero-order valence-electron chi connectivity index (χ0n) is 16.6. The van der Waals surface area contributed by atoms with E-state index in [4.69, 9.17) is 9.47 Å². The van der Waals surface area contributed by atoms with Gasteiger partial charge in [-0.2, -0.15) is 0 Å². The Morgan fingerprint density at radius 2 is 1.62 bits per heavy atom. The molecule has 26 heavy (non-hydrogen) atoms. The summed E-state index contributed by atoms with van der Waals surface area (Å²) in [6.07, 6.45) is 4.17. The standard InChI is InChI=1S/C22H32O3S/c1-6-21(2,3)20(23)24-18-12-15-11-14(18)13-19(15)25-22(4,5)16-7-9-17(26)10-8-16/h7-10,14-15,18-19,26H,6,11-13H2,1-5H3. The van der Waals surface area contributed by atoms with E-state index in [0.717, 1.165) is 30.6 Å². The molecule has 0 radical (unpaired) electrons. The molecular weight excluding hydrogens is 344 g/mol. The van der Waals surface area contributed by atoms with E-state index in [1.807, 2.05) is 32.9 Å². The summed E-state index contributed by atoms with van der Waals surface area (Å²) in [6, 6.07) is 8.20. The van der Waals surface area contributed by atoms with Gasteiger partial charge in [0.05, 0.1) is 17.1 Å². The number of fused-ring (bicyclic) bond motifs is 2. The molecule has 3 rings (SSSR count). The van der Waals surface area contributed by atoms with Gasteiger partial charge in [0.25, 0.3) is 0 Å². The number of carbonyl (C=O) groups excluding carboxylic acids is 1. The van der Waals surface area contributed by atoms with Crippen LogP contribution in [-0.4, -0.2) is 18.2 Å². The number of hydrogen-bond donors (Lipinski definition) is 1. The second-order valence-corrected chi connectivity index (χ2v) is 9.64. The average molecular weight is 377 g/mol. The van der Waals surface area contributed by atoms with Crippen LogP contribution in [0, 0.1) is 17.3 Å². The second kappa shape index (κ2) is 7.20. The quantitative estimate of drug-likeness (QED) is 0.535. The van der Waals surface area contributed by atoms with E-state index in [9.17, 15) is 4.79 Å². The Hall–Kier alpha value is -1.00. The second-order valence-electron chi connectivity index (χ2n) is 9.12. The van der Waals surface area contributed by atoms with Crippen LogP contribution in [0.5, 0.6) is 0 Å². The van der Waals surface area contributed by atoms with Crippen molar-refractivity contribution in [3.63, 3.8) is 0 Å². The van der Waals surface area contributed by atoms with Gasteiger partial charge in [0.15, 0.2) is 0 Å². The Bertz CT molecular complexity index is 650. The first-order chi connectivity index (χ1) is 12.1. The van der Waals surface area contributed by atoms with Crippen LogP contribution in [0.3, 0.4) is 0 Å². The number of esters is 1. The third kappa shape index (κ3) is 3.96. The van der Waals surface area contributed by atoms with E-state index >= 15 is 0 Å². The van der Waals surface area contributed by atoms with Gasteiger partial charge in [-0.1, -0.05) is 19.1 Å². The molecule has 1 aromatic rings. The molecule has 2 saturated carbocycles. The third-order valence-electron chi connectivity index (χ3n) is 6.43. The van der Waals surface area contributed by atoms with Crippen molar-refractivity contribution < 1.29 is 14.3 Å². The number of ether oxygens (including phenoxy) is 2. The summed E-state index contributed by atoms with van der Waals surface area (Å²) in [5.41, 5.74) is 0.456. The molecule has 2 aliphatic rings. The molecule has 0 heterocycles. The molecule has 0 saturated heterocycles. The minimum Gasteiger partial charge on any atom is -0.462 e. The average Bonchev–Trinajstić information content (AvgIpc) is 3.14. The summed E-state index contributed by atoms with van der Waals surface area (Å²) in [5.74, 6) is 0.880. The molecule has 4 unspecified atom stereocenters. The maximum absolute atomic E-state index is 12.4. The van der Waals surface area contributed by atoms with E-state index < -0.39 is 0 Å². The first-order valence-corrected chi connectivity index (χ1v) is 10.3. The molecule has 0 aliphatic heterocycles. The molecular formula is C22H32O3S. The van der Waals surface area contributed by atoms with Gasteiger partial charge in [0.2, 0.25) is 0 Å². The summed E-state index contributed by atoms with van der Waals surface area (Å²) >= 11 is 4.36. The Morgan fingerprint density at radius 1 is 1.04 bits per heavy atom. The van der Waals surface area contributed by atoms with Gasteiger partial charge in [-0.05, 0) is 82.9 Å². The fourth-order valence-electron chi connectivity index (χ4n) is 4.21. The molecule has 0 aromatic heterocycles. The van der Waals surface area contributed by atoms with Crippen molar-refractivity contribution in [3.8, 4) is 0 Å². The number of thiol groups is 1. The van der Waals surface area contributed by atoms with Crippen LogP contribution in [0.1, 0.15) is 65.9 Å². The van der Waals surface area contributed by atoms with Crippen molar-refractivity contribution in [3.05, 3.63) is 29.8 Å². The van der Waals surface area contributed by atoms with Crippen LogP contribution in [0.25, 0.3) is 0 Å². The highest BCUT2D eigenvalue weighted by molar-refractivity contribution is 7.80. The van der Waals surface area contributed by atoms with Crippen molar-refractivity contribution in [1.29, 1.82) is 0 Å². The van der Waals surface area contributed by atoms with Gasteiger partial charge in [-0.25, -0.2) is 0 Å². The van der Waals surface area contributed by atoms with Crippen LogP contribution < -0.4 is 0 Å². The van der Waals surface area contributed by atoms with Gasteiger partial charge >= 0.3 is 5.97 Å². The zero-order chi connectivity index (χ0) is 19.1. The van der Waals surface area contributed by atoms with E-state index in [1.54, 1.807) is 0 Å². The van der Waals surface area contributed by atoms with Gasteiger partial charge in [0.1, 0.15) is 6.10 Å². The van der Waals surface area contributed by atoms with Crippen LogP contribution in [-0.2, 0) is 19.9 Å². The van der Waals surface area contributed by atoms with Crippen molar-refractivity contribution in [2.45, 2.75) is 83.0 Å². The predicted octanol–water partition coefficient (Wildman–Crippen LogP) is 5.37. The number of hydrogen-bond acceptors (Lipinski definition) is 4. The summed E-state index contributed by atoms with van der Waals surface area (Å²) in [7, 11) is 0. The number of rotatable bonds is 6. The fraction of sp³-hybridized carbons (Fsp3) is 0.682. The summed E-state index contributed by atoms with van der Waals surface area (Å²) < 4.78 is 12.4. The number of benzene rings is 1. The van der Waals surface area contributed by atoms with Gasteiger partial charge in [0, 0.05) is 4.90 Å². The third-order valence-corrected chi connectivity index (χ3v) is 6.73. The first kappa shape index (κ1) is 19.8. The molecule has 0 spiro atoms. The van der Waals surface area contributed by atoms with Crippen LogP contribution in [0.15, 0.2) is 29.2 Å². The summed E-state index contributed by atoms with van der Waals surface area (Å²) in [6.45, 7) is 10.2. The molecule has 0 N–H and O–H groups in total. The van der Waals surface area contributed by atoms with Crippen molar-refractivity contribution in [2.24, 2.45) is 17.3 Å². The zero-order valence-corrected chi connectivity index (χ0v) is 17.5. The molecule has 1 aromatic carbocycles. The normalized spacial score (nSPS) is 28.4. The largest absolute Gasteiger partial charge is 0.462 e. The molecule has 4 atom stereocenters. The van der Waals surface area contributed by atoms with Crippen LogP contribution in [0.4, 0.5) is 0 Å². The molecule has 2 bridgehead atoms. The Labute approximate surface area is 163 Å². The lowest BCUT2D eigenvalue weighted by Gasteiger charge is -2.36. The SMILES string of the molecule is CCC(C)(C)C(=O)OC1CC2CC1CC2OC(C)(C)c1ccc(S)cc1. The fourth-order valence-corrected chi connectivity index (χ4v) is 4.36. The Morgan fingerprint density at radius 3 is 2.15 bits per heavy atom. The number of carbonyl (C=O) groups is 1. The van der Waals surface area contributed by atoms with Crippen LogP contribution in [0.2, 0.25) is 0 Å². The lowest BCUT2D eigenvalue weighted by Crippen LogP contribution is -2.37. The van der Waals surface area contributed by atoms with E-state index in [-0.39, 0.29) is 29.2 Å². The highest BCUT2D eigenvalue weighted by atomic mass is 32.1. The Kier molecular flexibility index (Phi) is 5.47. The van der Waals surface area contributed by atoms with Crippen molar-refractivity contribution >= 4 is 18.6 Å². The van der Waals surface area contributed by atoms with Crippen molar-refractivity contribution in [1.82, 2.24) is 0 Å². The molecule has 2 aliphatic carbocycles. The van der Waals surface area contributed by atoms with Crippen LogP contribution >= 0.6 is 12.6 Å². The first-order valence-electron chi connectivity index (χ1n) is 9.81. The van der Waals surface area contributed by atoms with E-state index in [1.165, 1.54) is 5.56 Å². The molecule has 3 nitrogen and oxygen atoms in total. The maximum Gasteiger partial charge on any atom is 0.311 e. The summed E-state index contributed by atoms with van der Waals surface area (Å²) in [5, 5.41) is 0. The smallest absolute Gasteiger partial charge is 0.311 e. The topological polar surface area (TPSA) is 35.5 Å². The van der Waals surface area contributed by atoms with E-state index in [2.05, 4.69) is 38.6 Å².